The predicted octanol–water partition coefficient (Wildman–Crippen LogP) is 6.34. The molecule has 0 atom stereocenters. The summed E-state index contributed by atoms with van der Waals surface area (Å²) < 4.78 is 67.8. The van der Waals surface area contributed by atoms with E-state index >= 15 is 0 Å². The average Bonchev–Trinajstić information content (AvgIpc) is 2.73. The van der Waals surface area contributed by atoms with E-state index in [2.05, 4.69) is 4.74 Å². The van der Waals surface area contributed by atoms with Gasteiger partial charge in [0, 0.05) is 5.56 Å². The lowest BCUT2D eigenvalue weighted by Gasteiger charge is -2.14. The minimum Gasteiger partial charge on any atom is -0.491 e. The molecule has 1 aliphatic rings. The van der Waals surface area contributed by atoms with Crippen LogP contribution in [-0.4, -0.2) is 7.11 Å². The lowest BCUT2D eigenvalue weighted by molar-refractivity contribution is 0.332. The zero-order valence-corrected chi connectivity index (χ0v) is 15.1. The van der Waals surface area contributed by atoms with Crippen LogP contribution in [0.3, 0.4) is 0 Å². The van der Waals surface area contributed by atoms with Crippen LogP contribution in [0, 0.1) is 23.3 Å². The second-order valence-corrected chi connectivity index (χ2v) is 6.66. The molecule has 3 aromatic rings. The average molecular weight is 389 g/mol. The van der Waals surface area contributed by atoms with Gasteiger partial charge in [-0.05, 0) is 24.8 Å². The molecule has 1 heterocycles. The minimum absolute atomic E-state index is 0.255. The SMILES string of the molecule is COc1c(F)c(F)c(-c2cc(-c3ccccc3)c3c([o+]2)CCCC3)c(F)c1F. The Morgan fingerprint density at radius 3 is 2.14 bits per heavy atom. The van der Waals surface area contributed by atoms with E-state index in [-0.39, 0.29) is 5.76 Å². The third-order valence-corrected chi connectivity index (χ3v) is 5.01. The zero-order chi connectivity index (χ0) is 19.8. The Labute approximate surface area is 159 Å². The van der Waals surface area contributed by atoms with Crippen LogP contribution >= 0.6 is 0 Å². The van der Waals surface area contributed by atoms with Crippen molar-refractivity contribution >= 4 is 0 Å². The molecule has 2 aromatic carbocycles. The molecule has 6 heteroatoms. The summed E-state index contributed by atoms with van der Waals surface area (Å²) in [5, 5.41) is 0. The van der Waals surface area contributed by atoms with Gasteiger partial charge in [-0.2, -0.15) is 8.78 Å². The molecule has 0 fully saturated rings. The lowest BCUT2D eigenvalue weighted by atomic mass is 9.89. The van der Waals surface area contributed by atoms with E-state index in [1.165, 1.54) is 6.07 Å². The monoisotopic (exact) mass is 389 g/mol. The van der Waals surface area contributed by atoms with Crippen molar-refractivity contribution in [3.63, 3.8) is 0 Å². The molecular formula is C22H17F4O2+. The van der Waals surface area contributed by atoms with Gasteiger partial charge < -0.3 is 4.74 Å². The molecule has 28 heavy (non-hydrogen) atoms. The highest BCUT2D eigenvalue weighted by molar-refractivity contribution is 5.74. The summed E-state index contributed by atoms with van der Waals surface area (Å²) in [6.45, 7) is 0. The van der Waals surface area contributed by atoms with Gasteiger partial charge in [-0.25, -0.2) is 13.2 Å². The van der Waals surface area contributed by atoms with Gasteiger partial charge in [-0.15, -0.1) is 0 Å². The fourth-order valence-corrected chi connectivity index (χ4v) is 3.66. The fourth-order valence-electron chi connectivity index (χ4n) is 3.66. The standard InChI is InChI=1S/C22H17F4O2/c1-27-22-20(25)18(23)17(19(24)21(22)26)16-11-14(12-7-3-2-4-8-12)13-9-5-6-10-15(13)28-16/h2-4,7-8,11H,5-6,9-10H2,1H3/q+1. The van der Waals surface area contributed by atoms with E-state index in [1.807, 2.05) is 30.3 Å². The number of ether oxygens (including phenoxy) is 1. The smallest absolute Gasteiger partial charge is 0.367 e. The Hall–Kier alpha value is -2.89. The molecular weight excluding hydrogens is 372 g/mol. The first-order valence-electron chi connectivity index (χ1n) is 8.97. The Morgan fingerprint density at radius 1 is 0.857 bits per heavy atom. The molecule has 0 bridgehead atoms. The van der Waals surface area contributed by atoms with Crippen LogP contribution in [-0.2, 0) is 12.8 Å². The number of aryl methyl sites for hydroxylation is 1. The highest BCUT2D eigenvalue weighted by Crippen LogP contribution is 2.40. The molecule has 0 N–H and O–H groups in total. The predicted molar refractivity (Wildman–Crippen MR) is 97.0 cm³/mol. The van der Waals surface area contributed by atoms with Crippen molar-refractivity contribution in [3.05, 3.63) is 71.0 Å². The molecule has 0 spiro atoms. The topological polar surface area (TPSA) is 20.5 Å². The van der Waals surface area contributed by atoms with Crippen molar-refractivity contribution in [1.82, 2.24) is 0 Å². The number of fused-ring (bicyclic) bond motifs is 1. The van der Waals surface area contributed by atoms with E-state index in [0.29, 0.717) is 12.2 Å². The second-order valence-electron chi connectivity index (χ2n) is 6.66. The first-order valence-corrected chi connectivity index (χ1v) is 8.97. The van der Waals surface area contributed by atoms with Crippen LogP contribution < -0.4 is 4.74 Å². The highest BCUT2D eigenvalue weighted by Gasteiger charge is 2.35. The van der Waals surface area contributed by atoms with Crippen molar-refractivity contribution in [1.29, 1.82) is 0 Å². The fraction of sp³-hybridized carbons (Fsp3) is 0.227. The minimum atomic E-state index is -1.59. The molecule has 0 aliphatic heterocycles. The summed E-state index contributed by atoms with van der Waals surface area (Å²) in [6.07, 6.45) is 3.19. The molecule has 0 saturated heterocycles. The van der Waals surface area contributed by atoms with Gasteiger partial charge in [0.05, 0.1) is 25.2 Å². The highest BCUT2D eigenvalue weighted by atomic mass is 19.2. The molecule has 0 amide bonds. The maximum atomic E-state index is 14.6. The van der Waals surface area contributed by atoms with E-state index in [9.17, 15) is 17.6 Å². The van der Waals surface area contributed by atoms with Gasteiger partial charge in [0.15, 0.2) is 22.9 Å². The van der Waals surface area contributed by atoms with Crippen molar-refractivity contribution in [3.8, 4) is 28.2 Å². The molecule has 0 radical (unpaired) electrons. The number of halogens is 4. The molecule has 1 aliphatic carbocycles. The van der Waals surface area contributed by atoms with Gasteiger partial charge in [0.25, 0.3) is 0 Å². The van der Waals surface area contributed by atoms with Crippen molar-refractivity contribution in [2.45, 2.75) is 25.7 Å². The van der Waals surface area contributed by atoms with Crippen LogP contribution in [0.5, 0.6) is 5.75 Å². The van der Waals surface area contributed by atoms with Crippen LogP contribution in [0.15, 0.2) is 40.8 Å². The second kappa shape index (κ2) is 7.26. The number of benzene rings is 2. The van der Waals surface area contributed by atoms with Crippen LogP contribution in [0.25, 0.3) is 22.5 Å². The number of hydrogen-bond acceptors (Lipinski definition) is 1. The maximum Gasteiger partial charge on any atom is 0.367 e. The molecule has 4 rings (SSSR count). The van der Waals surface area contributed by atoms with Crippen molar-refractivity contribution in [2.75, 3.05) is 7.11 Å². The first-order chi connectivity index (χ1) is 13.5. The molecule has 2 nitrogen and oxygen atoms in total. The Morgan fingerprint density at radius 2 is 1.50 bits per heavy atom. The van der Waals surface area contributed by atoms with Crippen LogP contribution in [0.1, 0.15) is 24.2 Å². The van der Waals surface area contributed by atoms with E-state index in [4.69, 9.17) is 4.42 Å². The van der Waals surface area contributed by atoms with Gasteiger partial charge in [0.2, 0.25) is 11.6 Å². The molecule has 144 valence electrons. The number of hydrogen-bond donors (Lipinski definition) is 0. The van der Waals surface area contributed by atoms with Crippen LogP contribution in [0.2, 0.25) is 0 Å². The van der Waals surface area contributed by atoms with Crippen molar-refractivity contribution in [2.24, 2.45) is 0 Å². The Bertz CT molecular complexity index is 1020. The normalized spacial score (nSPS) is 13.3. The largest absolute Gasteiger partial charge is 0.491 e. The third-order valence-electron chi connectivity index (χ3n) is 5.01. The number of rotatable bonds is 3. The molecule has 1 aromatic heterocycles. The molecule has 0 saturated carbocycles. The zero-order valence-electron chi connectivity index (χ0n) is 15.1. The maximum absolute atomic E-state index is 14.6. The van der Waals surface area contributed by atoms with Gasteiger partial charge in [-0.1, -0.05) is 30.3 Å². The molecule has 0 unspecified atom stereocenters. The van der Waals surface area contributed by atoms with E-state index < -0.39 is 34.6 Å². The van der Waals surface area contributed by atoms with E-state index in [0.717, 1.165) is 43.1 Å². The van der Waals surface area contributed by atoms with Crippen LogP contribution in [0.4, 0.5) is 17.6 Å². The van der Waals surface area contributed by atoms with E-state index in [1.54, 1.807) is 0 Å². The van der Waals surface area contributed by atoms with Crippen molar-refractivity contribution < 1.29 is 26.7 Å². The van der Waals surface area contributed by atoms with Gasteiger partial charge in [0.1, 0.15) is 0 Å². The lowest BCUT2D eigenvalue weighted by Crippen LogP contribution is -2.07. The first kappa shape index (κ1) is 18.5. The Balaban J connectivity index is 2.00. The summed E-state index contributed by atoms with van der Waals surface area (Å²) in [5.41, 5.74) is 1.66. The Kier molecular flexibility index (Phi) is 4.79. The summed E-state index contributed by atoms with van der Waals surface area (Å²) in [7, 11) is 0.941. The number of methoxy groups -OCH3 is 1. The summed E-state index contributed by atoms with van der Waals surface area (Å²) in [6, 6.07) is 10.8. The summed E-state index contributed by atoms with van der Waals surface area (Å²) >= 11 is 0. The van der Waals surface area contributed by atoms with Gasteiger partial charge >= 0.3 is 11.5 Å². The third kappa shape index (κ3) is 2.93. The van der Waals surface area contributed by atoms with Gasteiger partial charge in [-0.3, -0.25) is 0 Å². The summed E-state index contributed by atoms with van der Waals surface area (Å²) in [4.78, 5) is 0. The summed E-state index contributed by atoms with van der Waals surface area (Å²) in [5.74, 6) is -7.05. The quantitative estimate of drug-likeness (QED) is 0.296.